The maximum atomic E-state index is 13.9. The molecule has 0 aromatic heterocycles. The van der Waals surface area contributed by atoms with Crippen molar-refractivity contribution in [3.63, 3.8) is 0 Å². The molecule has 0 aliphatic rings. The van der Waals surface area contributed by atoms with Crippen LogP contribution in [0.2, 0.25) is 10.0 Å². The van der Waals surface area contributed by atoms with E-state index in [1.165, 1.54) is 23.1 Å². The van der Waals surface area contributed by atoms with E-state index in [0.717, 1.165) is 27.3 Å². The number of nitrogens with zero attached hydrogens (tertiary/aromatic N) is 2. The Labute approximate surface area is 234 Å². The van der Waals surface area contributed by atoms with Crippen LogP contribution in [0.1, 0.15) is 23.6 Å². The molecule has 0 aliphatic carbocycles. The number of carbonyl (C=O) groups is 2. The fourth-order valence-electron chi connectivity index (χ4n) is 4.11. The predicted octanol–water partition coefficient (Wildman–Crippen LogP) is 4.84. The first kappa shape index (κ1) is 29.5. The lowest BCUT2D eigenvalue weighted by Gasteiger charge is -2.33. The summed E-state index contributed by atoms with van der Waals surface area (Å²) in [4.78, 5) is 28.7. The van der Waals surface area contributed by atoms with Gasteiger partial charge >= 0.3 is 0 Å². The second-order valence-electron chi connectivity index (χ2n) is 8.98. The molecule has 10 heteroatoms. The number of benzene rings is 3. The van der Waals surface area contributed by atoms with E-state index in [-0.39, 0.29) is 34.6 Å². The van der Waals surface area contributed by atoms with Crippen molar-refractivity contribution in [1.82, 2.24) is 10.2 Å². The molecule has 0 saturated heterocycles. The molecule has 38 heavy (non-hydrogen) atoms. The summed E-state index contributed by atoms with van der Waals surface area (Å²) in [7, 11) is -3.89. The summed E-state index contributed by atoms with van der Waals surface area (Å²) >= 11 is 12.2. The summed E-state index contributed by atoms with van der Waals surface area (Å²) in [6.45, 7) is 3.73. The van der Waals surface area contributed by atoms with Crippen LogP contribution < -0.4 is 9.62 Å². The molecule has 3 aromatic rings. The van der Waals surface area contributed by atoms with Crippen LogP contribution in [0.15, 0.2) is 72.8 Å². The molecule has 0 saturated carbocycles. The zero-order valence-corrected chi connectivity index (χ0v) is 23.9. The van der Waals surface area contributed by atoms with E-state index in [1.54, 1.807) is 6.92 Å². The quantitative estimate of drug-likeness (QED) is 0.354. The maximum Gasteiger partial charge on any atom is 0.244 e. The van der Waals surface area contributed by atoms with Gasteiger partial charge in [0.05, 0.1) is 22.0 Å². The van der Waals surface area contributed by atoms with Crippen molar-refractivity contribution < 1.29 is 18.0 Å². The number of halogens is 2. The topological polar surface area (TPSA) is 86.8 Å². The number of hydrogen-bond donors (Lipinski definition) is 1. The van der Waals surface area contributed by atoms with Gasteiger partial charge in [-0.1, -0.05) is 83.4 Å². The second-order valence-corrected chi connectivity index (χ2v) is 11.7. The molecule has 0 fully saturated rings. The number of sulfonamides is 1. The van der Waals surface area contributed by atoms with Gasteiger partial charge < -0.3 is 10.2 Å². The van der Waals surface area contributed by atoms with E-state index < -0.39 is 28.5 Å². The third kappa shape index (κ3) is 7.96. The van der Waals surface area contributed by atoms with Crippen molar-refractivity contribution in [2.75, 3.05) is 23.7 Å². The molecule has 2 amide bonds. The van der Waals surface area contributed by atoms with Crippen LogP contribution >= 0.6 is 23.2 Å². The van der Waals surface area contributed by atoms with Crippen molar-refractivity contribution in [3.8, 4) is 0 Å². The van der Waals surface area contributed by atoms with Gasteiger partial charge in [0.1, 0.15) is 12.6 Å². The zero-order valence-electron chi connectivity index (χ0n) is 21.5. The molecule has 0 spiro atoms. The van der Waals surface area contributed by atoms with Gasteiger partial charge in [0.15, 0.2) is 0 Å². The van der Waals surface area contributed by atoms with Crippen LogP contribution in [-0.2, 0) is 32.6 Å². The lowest BCUT2D eigenvalue weighted by atomic mass is 10.0. The molecular formula is C28H31Cl2N3O4S. The molecule has 0 unspecified atom stereocenters. The number of anilines is 1. The normalized spacial score (nSPS) is 12.0. The second kappa shape index (κ2) is 13.1. The average Bonchev–Trinajstić information content (AvgIpc) is 2.86. The molecule has 0 radical (unpaired) electrons. The van der Waals surface area contributed by atoms with Crippen LogP contribution in [-0.4, -0.2) is 50.5 Å². The standard InChI is InChI=1S/C28H31Cl2N3O4S/c1-4-31-28(35)26(16-21-10-6-5-7-11-21)32(18-22-12-8-9-20(2)15-22)27(34)19-33(38(3,36)37)23-13-14-24(29)25(30)17-23/h5-15,17,26H,4,16,18-19H2,1-3H3,(H,31,35)/t26-/m1/s1. The first-order valence-electron chi connectivity index (χ1n) is 12.1. The molecule has 0 aliphatic heterocycles. The smallest absolute Gasteiger partial charge is 0.244 e. The van der Waals surface area contributed by atoms with Gasteiger partial charge in [-0.05, 0) is 43.2 Å². The largest absolute Gasteiger partial charge is 0.355 e. The number of likely N-dealkylation sites (N-methyl/N-ethyl adjacent to an activating group) is 1. The Morgan fingerprint density at radius 1 is 0.921 bits per heavy atom. The lowest BCUT2D eigenvalue weighted by molar-refractivity contribution is -0.140. The lowest BCUT2D eigenvalue weighted by Crippen LogP contribution is -2.53. The van der Waals surface area contributed by atoms with Crippen LogP contribution in [0.25, 0.3) is 0 Å². The molecule has 3 rings (SSSR count). The van der Waals surface area contributed by atoms with Crippen LogP contribution in [0.3, 0.4) is 0 Å². The van der Waals surface area contributed by atoms with Gasteiger partial charge in [-0.15, -0.1) is 0 Å². The van der Waals surface area contributed by atoms with Gasteiger partial charge in [0.25, 0.3) is 0 Å². The maximum absolute atomic E-state index is 13.9. The number of amides is 2. The van der Waals surface area contributed by atoms with Crippen molar-refractivity contribution in [1.29, 1.82) is 0 Å². The average molecular weight is 577 g/mol. The fourth-order valence-corrected chi connectivity index (χ4v) is 5.24. The highest BCUT2D eigenvalue weighted by Gasteiger charge is 2.33. The molecule has 0 heterocycles. The third-order valence-corrected chi connectivity index (χ3v) is 7.81. The molecule has 1 atom stereocenters. The minimum absolute atomic E-state index is 0.119. The molecule has 202 valence electrons. The van der Waals surface area contributed by atoms with E-state index in [0.29, 0.717) is 6.54 Å². The van der Waals surface area contributed by atoms with Crippen LogP contribution in [0.4, 0.5) is 5.69 Å². The molecular weight excluding hydrogens is 545 g/mol. The van der Waals surface area contributed by atoms with Crippen molar-refractivity contribution in [2.24, 2.45) is 0 Å². The summed E-state index contributed by atoms with van der Waals surface area (Å²) in [5, 5.41) is 3.25. The summed E-state index contributed by atoms with van der Waals surface area (Å²) in [6.07, 6.45) is 1.27. The number of aryl methyl sites for hydroxylation is 1. The van der Waals surface area contributed by atoms with Crippen LogP contribution in [0.5, 0.6) is 0 Å². The summed E-state index contributed by atoms with van der Waals surface area (Å²) in [5.41, 5.74) is 2.89. The molecule has 7 nitrogen and oxygen atoms in total. The predicted molar refractivity (Wildman–Crippen MR) is 153 cm³/mol. The number of rotatable bonds is 11. The van der Waals surface area contributed by atoms with E-state index in [9.17, 15) is 18.0 Å². The Morgan fingerprint density at radius 3 is 2.21 bits per heavy atom. The van der Waals surface area contributed by atoms with Gasteiger partial charge in [-0.25, -0.2) is 8.42 Å². The van der Waals surface area contributed by atoms with Gasteiger partial charge in [0.2, 0.25) is 21.8 Å². The molecule has 1 N–H and O–H groups in total. The third-order valence-electron chi connectivity index (χ3n) is 5.93. The van der Waals surface area contributed by atoms with Crippen molar-refractivity contribution in [3.05, 3.63) is 99.5 Å². The zero-order chi connectivity index (χ0) is 27.9. The van der Waals surface area contributed by atoms with Crippen molar-refractivity contribution >= 4 is 50.7 Å². The van der Waals surface area contributed by atoms with E-state index in [2.05, 4.69) is 5.32 Å². The van der Waals surface area contributed by atoms with E-state index in [4.69, 9.17) is 23.2 Å². The minimum Gasteiger partial charge on any atom is -0.355 e. The Balaban J connectivity index is 2.05. The van der Waals surface area contributed by atoms with Gasteiger partial charge in [-0.2, -0.15) is 0 Å². The van der Waals surface area contributed by atoms with E-state index >= 15 is 0 Å². The number of hydrogen-bond acceptors (Lipinski definition) is 4. The van der Waals surface area contributed by atoms with Gasteiger partial charge in [-0.3, -0.25) is 13.9 Å². The van der Waals surface area contributed by atoms with E-state index in [1.807, 2.05) is 61.5 Å². The Hall–Kier alpha value is -3.07. The SMILES string of the molecule is CCNC(=O)[C@@H](Cc1ccccc1)N(Cc1cccc(C)c1)C(=O)CN(c1ccc(Cl)c(Cl)c1)S(C)(=O)=O. The molecule has 3 aromatic carbocycles. The highest BCUT2D eigenvalue weighted by molar-refractivity contribution is 7.92. The summed E-state index contributed by atoms with van der Waals surface area (Å²) < 4.78 is 26.5. The van der Waals surface area contributed by atoms with Crippen LogP contribution in [0, 0.1) is 6.92 Å². The Bertz CT molecular complexity index is 1380. The summed E-state index contributed by atoms with van der Waals surface area (Å²) in [5.74, 6) is -0.854. The highest BCUT2D eigenvalue weighted by Crippen LogP contribution is 2.29. The van der Waals surface area contributed by atoms with Crippen molar-refractivity contribution in [2.45, 2.75) is 32.9 Å². The number of carbonyl (C=O) groups excluding carboxylic acids is 2. The highest BCUT2D eigenvalue weighted by atomic mass is 35.5. The molecule has 0 bridgehead atoms. The fraction of sp³-hybridized carbons (Fsp3) is 0.286. The minimum atomic E-state index is -3.89. The first-order chi connectivity index (χ1) is 18.0. The summed E-state index contributed by atoms with van der Waals surface area (Å²) in [6, 6.07) is 20.5. The monoisotopic (exact) mass is 575 g/mol. The number of nitrogens with one attached hydrogen (secondary N) is 1. The Kier molecular flexibility index (Phi) is 10.2. The Morgan fingerprint density at radius 2 is 1.61 bits per heavy atom. The first-order valence-corrected chi connectivity index (χ1v) is 14.7. The van der Waals surface area contributed by atoms with Gasteiger partial charge in [0, 0.05) is 19.5 Å².